The highest BCUT2D eigenvalue weighted by Gasteiger charge is 2.37. The van der Waals surface area contributed by atoms with Crippen molar-refractivity contribution in [1.29, 1.82) is 0 Å². The van der Waals surface area contributed by atoms with Crippen molar-refractivity contribution >= 4 is 11.6 Å². The van der Waals surface area contributed by atoms with Crippen molar-refractivity contribution in [2.45, 2.75) is 44.7 Å². The smallest absolute Gasteiger partial charge is 0.165 e. The van der Waals surface area contributed by atoms with E-state index in [1.54, 1.807) is 0 Å². The van der Waals surface area contributed by atoms with Gasteiger partial charge in [0.1, 0.15) is 11.4 Å². The van der Waals surface area contributed by atoms with E-state index in [4.69, 9.17) is 16.3 Å². The van der Waals surface area contributed by atoms with Crippen molar-refractivity contribution in [2.75, 3.05) is 6.61 Å². The second kappa shape index (κ2) is 4.10. The Labute approximate surface area is 94.6 Å². The molecule has 4 nitrogen and oxygen atoms in total. The van der Waals surface area contributed by atoms with Crippen LogP contribution in [0.3, 0.4) is 0 Å². The van der Waals surface area contributed by atoms with Gasteiger partial charge in [0.05, 0.1) is 5.88 Å². The zero-order valence-electron chi connectivity index (χ0n) is 9.16. The minimum atomic E-state index is -0.271. The Morgan fingerprint density at radius 3 is 2.87 bits per heavy atom. The van der Waals surface area contributed by atoms with E-state index in [1.165, 1.54) is 0 Å². The van der Waals surface area contributed by atoms with Gasteiger partial charge in [-0.1, -0.05) is 0 Å². The lowest BCUT2D eigenvalue weighted by Crippen LogP contribution is -2.25. The SMILES string of the molecule is CCn1c(CCl)nnc1C1(C)CCCO1. The Balaban J connectivity index is 2.38. The monoisotopic (exact) mass is 229 g/mol. The van der Waals surface area contributed by atoms with Crippen LogP contribution in [-0.2, 0) is 22.8 Å². The molecule has 1 atom stereocenters. The molecule has 1 aliphatic heterocycles. The van der Waals surface area contributed by atoms with Gasteiger partial charge in [0.15, 0.2) is 5.82 Å². The molecule has 84 valence electrons. The quantitative estimate of drug-likeness (QED) is 0.745. The highest BCUT2D eigenvalue weighted by atomic mass is 35.5. The first-order chi connectivity index (χ1) is 7.21. The van der Waals surface area contributed by atoms with E-state index in [9.17, 15) is 0 Å². The summed E-state index contributed by atoms with van der Waals surface area (Å²) in [6, 6.07) is 0. The van der Waals surface area contributed by atoms with Gasteiger partial charge in [0, 0.05) is 13.2 Å². The Kier molecular flexibility index (Phi) is 2.98. The molecule has 1 aromatic heterocycles. The van der Waals surface area contributed by atoms with Crippen molar-refractivity contribution in [2.24, 2.45) is 0 Å². The number of halogens is 1. The fourth-order valence-electron chi connectivity index (χ4n) is 2.11. The van der Waals surface area contributed by atoms with Gasteiger partial charge in [-0.05, 0) is 26.7 Å². The summed E-state index contributed by atoms with van der Waals surface area (Å²) in [6.45, 7) is 5.79. The normalized spacial score (nSPS) is 26.1. The number of alkyl halides is 1. The van der Waals surface area contributed by atoms with Crippen molar-refractivity contribution in [1.82, 2.24) is 14.8 Å². The summed E-state index contributed by atoms with van der Waals surface area (Å²) in [5.41, 5.74) is -0.271. The second-order valence-electron chi connectivity index (χ2n) is 4.00. The average Bonchev–Trinajstić information content (AvgIpc) is 2.83. The lowest BCUT2D eigenvalue weighted by atomic mass is 10.0. The summed E-state index contributed by atoms with van der Waals surface area (Å²) in [5.74, 6) is 2.14. The molecule has 2 rings (SSSR count). The molecule has 1 saturated heterocycles. The fraction of sp³-hybridized carbons (Fsp3) is 0.800. The summed E-state index contributed by atoms with van der Waals surface area (Å²) in [5, 5.41) is 8.31. The van der Waals surface area contributed by atoms with Gasteiger partial charge >= 0.3 is 0 Å². The van der Waals surface area contributed by atoms with Crippen LogP contribution in [0, 0.1) is 0 Å². The maximum Gasteiger partial charge on any atom is 0.165 e. The summed E-state index contributed by atoms with van der Waals surface area (Å²) in [6.07, 6.45) is 2.09. The Bertz CT molecular complexity index is 344. The average molecular weight is 230 g/mol. The van der Waals surface area contributed by atoms with Gasteiger partial charge in [-0.3, -0.25) is 0 Å². The van der Waals surface area contributed by atoms with Crippen LogP contribution >= 0.6 is 11.6 Å². The second-order valence-corrected chi connectivity index (χ2v) is 4.27. The lowest BCUT2D eigenvalue weighted by Gasteiger charge is -2.22. The predicted octanol–water partition coefficient (Wildman–Crippen LogP) is 2.06. The van der Waals surface area contributed by atoms with Gasteiger partial charge in [0.2, 0.25) is 0 Å². The predicted molar refractivity (Wildman–Crippen MR) is 57.8 cm³/mol. The van der Waals surface area contributed by atoms with Gasteiger partial charge in [-0.25, -0.2) is 0 Å². The summed E-state index contributed by atoms with van der Waals surface area (Å²) in [7, 11) is 0. The van der Waals surface area contributed by atoms with Crippen molar-refractivity contribution in [3.63, 3.8) is 0 Å². The number of hydrogen-bond donors (Lipinski definition) is 0. The molecule has 1 aliphatic rings. The number of hydrogen-bond acceptors (Lipinski definition) is 3. The van der Waals surface area contributed by atoms with Gasteiger partial charge < -0.3 is 9.30 Å². The van der Waals surface area contributed by atoms with Crippen LogP contribution in [-0.4, -0.2) is 21.4 Å². The first kappa shape index (κ1) is 10.9. The maximum atomic E-state index is 5.81. The van der Waals surface area contributed by atoms with Crippen LogP contribution in [0.1, 0.15) is 38.3 Å². The van der Waals surface area contributed by atoms with Crippen molar-refractivity contribution in [3.8, 4) is 0 Å². The van der Waals surface area contributed by atoms with Gasteiger partial charge in [0.25, 0.3) is 0 Å². The number of nitrogens with zero attached hydrogens (tertiary/aromatic N) is 3. The number of ether oxygens (including phenoxy) is 1. The molecular weight excluding hydrogens is 214 g/mol. The maximum absolute atomic E-state index is 5.81. The van der Waals surface area contributed by atoms with Crippen LogP contribution in [0.15, 0.2) is 0 Å². The minimum Gasteiger partial charge on any atom is -0.367 e. The summed E-state index contributed by atoms with van der Waals surface area (Å²) >= 11 is 5.81. The van der Waals surface area contributed by atoms with E-state index in [1.807, 2.05) is 0 Å². The molecule has 0 bridgehead atoms. The molecule has 0 N–H and O–H groups in total. The molecule has 0 spiro atoms. The molecule has 5 heteroatoms. The number of aromatic nitrogens is 3. The fourth-order valence-corrected chi connectivity index (χ4v) is 2.31. The van der Waals surface area contributed by atoms with Crippen LogP contribution in [0.25, 0.3) is 0 Å². The molecule has 1 unspecified atom stereocenters. The van der Waals surface area contributed by atoms with E-state index < -0.39 is 0 Å². The minimum absolute atomic E-state index is 0.271. The summed E-state index contributed by atoms with van der Waals surface area (Å²) < 4.78 is 7.81. The Hall–Kier alpha value is -0.610. The molecule has 15 heavy (non-hydrogen) atoms. The first-order valence-electron chi connectivity index (χ1n) is 5.33. The third kappa shape index (κ3) is 1.76. The van der Waals surface area contributed by atoms with Crippen LogP contribution in [0.2, 0.25) is 0 Å². The number of rotatable bonds is 3. The van der Waals surface area contributed by atoms with Crippen LogP contribution < -0.4 is 0 Å². The third-order valence-corrected chi connectivity index (χ3v) is 3.19. The van der Waals surface area contributed by atoms with Crippen LogP contribution in [0.5, 0.6) is 0 Å². The van der Waals surface area contributed by atoms with Gasteiger partial charge in [-0.2, -0.15) is 0 Å². The van der Waals surface area contributed by atoms with E-state index in [-0.39, 0.29) is 5.60 Å². The molecule has 0 radical (unpaired) electrons. The van der Waals surface area contributed by atoms with Crippen LogP contribution in [0.4, 0.5) is 0 Å². The molecular formula is C10H16ClN3O. The molecule has 0 aliphatic carbocycles. The van der Waals surface area contributed by atoms with Crippen molar-refractivity contribution in [3.05, 3.63) is 11.6 Å². The molecule has 1 aromatic rings. The first-order valence-corrected chi connectivity index (χ1v) is 5.87. The van der Waals surface area contributed by atoms with E-state index >= 15 is 0 Å². The Morgan fingerprint density at radius 1 is 1.53 bits per heavy atom. The highest BCUT2D eigenvalue weighted by molar-refractivity contribution is 6.16. The third-order valence-electron chi connectivity index (χ3n) is 2.95. The van der Waals surface area contributed by atoms with Crippen molar-refractivity contribution < 1.29 is 4.74 Å². The van der Waals surface area contributed by atoms with E-state index in [0.717, 1.165) is 37.6 Å². The molecule has 0 amide bonds. The lowest BCUT2D eigenvalue weighted by molar-refractivity contribution is 0.00623. The summed E-state index contributed by atoms with van der Waals surface area (Å²) in [4.78, 5) is 0. The molecule has 1 fully saturated rings. The zero-order valence-corrected chi connectivity index (χ0v) is 9.92. The largest absolute Gasteiger partial charge is 0.367 e. The van der Waals surface area contributed by atoms with E-state index in [2.05, 4.69) is 28.6 Å². The molecule has 0 saturated carbocycles. The van der Waals surface area contributed by atoms with E-state index in [0.29, 0.717) is 5.88 Å². The molecule has 0 aromatic carbocycles. The standard InChI is InChI=1S/C10H16ClN3O/c1-3-14-8(7-11)12-13-9(14)10(2)5-4-6-15-10/h3-7H2,1-2H3. The zero-order chi connectivity index (χ0) is 10.9. The topological polar surface area (TPSA) is 39.9 Å². The highest BCUT2D eigenvalue weighted by Crippen LogP contribution is 2.34. The van der Waals surface area contributed by atoms with Gasteiger partial charge in [-0.15, -0.1) is 21.8 Å². The Morgan fingerprint density at radius 2 is 2.33 bits per heavy atom. The molecule has 2 heterocycles.